The first-order valence-electron chi connectivity index (χ1n) is 7.04. The summed E-state index contributed by atoms with van der Waals surface area (Å²) in [4.78, 5) is 0. The lowest BCUT2D eigenvalue weighted by Gasteiger charge is -2.39. The van der Waals surface area contributed by atoms with Gasteiger partial charge in [0.05, 0.1) is 12.3 Å². The summed E-state index contributed by atoms with van der Waals surface area (Å²) < 4.78 is 6.42. The van der Waals surface area contributed by atoms with Gasteiger partial charge in [-0.1, -0.05) is 26.0 Å². The van der Waals surface area contributed by atoms with Crippen molar-refractivity contribution in [1.29, 1.82) is 0 Å². The molecule has 120 valence electrons. The van der Waals surface area contributed by atoms with E-state index >= 15 is 0 Å². The fraction of sp³-hybridized carbons (Fsp3) is 0.846. The lowest BCUT2D eigenvalue weighted by Crippen LogP contribution is -2.56. The van der Waals surface area contributed by atoms with Gasteiger partial charge in [-0.15, -0.1) is 5.10 Å². The van der Waals surface area contributed by atoms with E-state index in [9.17, 15) is 15.3 Å². The molecule has 8 heteroatoms. The molecule has 0 spiro atoms. The van der Waals surface area contributed by atoms with E-state index < -0.39 is 37.3 Å². The van der Waals surface area contributed by atoms with Crippen molar-refractivity contribution < 1.29 is 25.2 Å². The smallest absolute Gasteiger partial charge is 0.180 e. The molecule has 0 bridgehead atoms. The Morgan fingerprint density at radius 3 is 2.52 bits per heavy atom. The Morgan fingerprint density at radius 1 is 1.29 bits per heavy atom. The Labute approximate surface area is 123 Å². The zero-order valence-electron chi connectivity index (χ0n) is 12.4. The molecule has 5 atom stereocenters. The first-order valence-corrected chi connectivity index (χ1v) is 7.04. The zero-order valence-corrected chi connectivity index (χ0v) is 12.4. The molecule has 0 amide bonds. The fourth-order valence-electron chi connectivity index (χ4n) is 2.28. The standard InChI is InChI=1S/C13H23N3O5/c1-4-13(2,3)8-5-16(15-14-8)9-11(19)10(18)7(6-17)21-12(9)20/h5,7,9-12,17-20H,4,6H2,1-3H3/t7-,9-,10+,11-,12-/m1/s1. The zero-order chi connectivity index (χ0) is 15.8. The van der Waals surface area contributed by atoms with Crippen LogP contribution >= 0.6 is 0 Å². The number of ether oxygens (including phenoxy) is 1. The van der Waals surface area contributed by atoms with Gasteiger partial charge in [-0.2, -0.15) is 0 Å². The molecule has 1 fully saturated rings. The lowest BCUT2D eigenvalue weighted by atomic mass is 9.87. The van der Waals surface area contributed by atoms with Crippen molar-refractivity contribution in [2.75, 3.05) is 6.61 Å². The average molecular weight is 301 g/mol. The average Bonchev–Trinajstić information content (AvgIpc) is 2.93. The summed E-state index contributed by atoms with van der Waals surface area (Å²) in [6.45, 7) is 5.57. The Morgan fingerprint density at radius 2 is 1.95 bits per heavy atom. The third-order valence-electron chi connectivity index (χ3n) is 4.26. The number of nitrogens with zero attached hydrogens (tertiary/aromatic N) is 3. The summed E-state index contributed by atoms with van der Waals surface area (Å²) >= 11 is 0. The van der Waals surface area contributed by atoms with Crippen LogP contribution in [0.1, 0.15) is 38.9 Å². The van der Waals surface area contributed by atoms with Gasteiger partial charge in [0, 0.05) is 11.6 Å². The highest BCUT2D eigenvalue weighted by Crippen LogP contribution is 2.30. The van der Waals surface area contributed by atoms with Gasteiger partial charge in [0.2, 0.25) is 0 Å². The molecule has 1 aromatic heterocycles. The minimum Gasteiger partial charge on any atom is -0.394 e. The first-order chi connectivity index (χ1) is 9.81. The van der Waals surface area contributed by atoms with Gasteiger partial charge in [0.1, 0.15) is 24.4 Å². The third-order valence-corrected chi connectivity index (χ3v) is 4.26. The number of aliphatic hydroxyl groups is 4. The summed E-state index contributed by atoms with van der Waals surface area (Å²) in [5.74, 6) is 0. The number of aromatic nitrogens is 3. The molecule has 1 saturated heterocycles. The second-order valence-corrected chi connectivity index (χ2v) is 6.04. The SMILES string of the molecule is CCC(C)(C)c1cn([C@@H]2[C@@H](O)[C@@H](O)[C@@H](CO)O[C@H]2O)nn1. The Balaban J connectivity index is 2.25. The van der Waals surface area contributed by atoms with E-state index in [1.54, 1.807) is 6.20 Å². The van der Waals surface area contributed by atoms with Crippen LogP contribution in [-0.2, 0) is 10.2 Å². The van der Waals surface area contributed by atoms with E-state index in [0.29, 0.717) is 0 Å². The summed E-state index contributed by atoms with van der Waals surface area (Å²) in [5.41, 5.74) is 0.541. The number of rotatable bonds is 4. The van der Waals surface area contributed by atoms with E-state index in [1.165, 1.54) is 4.68 Å². The monoisotopic (exact) mass is 301 g/mol. The molecule has 1 aromatic rings. The van der Waals surface area contributed by atoms with Crippen LogP contribution in [0, 0.1) is 0 Å². The molecular formula is C13H23N3O5. The maximum absolute atomic E-state index is 10.1. The molecule has 0 aliphatic carbocycles. The number of hydrogen-bond donors (Lipinski definition) is 4. The van der Waals surface area contributed by atoms with Crippen molar-refractivity contribution in [1.82, 2.24) is 15.0 Å². The first kappa shape index (κ1) is 16.3. The predicted molar refractivity (Wildman–Crippen MR) is 72.4 cm³/mol. The predicted octanol–water partition coefficient (Wildman–Crippen LogP) is -1.06. The normalized spacial score (nSPS) is 34.1. The van der Waals surface area contributed by atoms with Crippen molar-refractivity contribution >= 4 is 0 Å². The van der Waals surface area contributed by atoms with Crippen LogP contribution in [0.4, 0.5) is 0 Å². The van der Waals surface area contributed by atoms with Crippen LogP contribution in [-0.4, -0.2) is 66.6 Å². The highest BCUT2D eigenvalue weighted by molar-refractivity contribution is 5.09. The second-order valence-electron chi connectivity index (χ2n) is 6.04. The van der Waals surface area contributed by atoms with Gasteiger partial charge in [0.15, 0.2) is 6.29 Å². The van der Waals surface area contributed by atoms with E-state index in [-0.39, 0.29) is 5.41 Å². The Hall–Kier alpha value is -1.06. The quantitative estimate of drug-likeness (QED) is 0.559. The molecule has 21 heavy (non-hydrogen) atoms. The molecule has 0 unspecified atom stereocenters. The van der Waals surface area contributed by atoms with E-state index in [4.69, 9.17) is 9.84 Å². The maximum atomic E-state index is 10.1. The molecule has 2 rings (SSSR count). The second kappa shape index (κ2) is 5.98. The molecule has 0 aromatic carbocycles. The fourth-order valence-corrected chi connectivity index (χ4v) is 2.28. The van der Waals surface area contributed by atoms with Gasteiger partial charge < -0.3 is 25.2 Å². The third kappa shape index (κ3) is 2.95. The van der Waals surface area contributed by atoms with Gasteiger partial charge in [0.25, 0.3) is 0 Å². The lowest BCUT2D eigenvalue weighted by molar-refractivity contribution is -0.265. The maximum Gasteiger partial charge on any atom is 0.180 e. The largest absolute Gasteiger partial charge is 0.394 e. The van der Waals surface area contributed by atoms with E-state index in [1.807, 2.05) is 20.8 Å². The van der Waals surface area contributed by atoms with Crippen molar-refractivity contribution in [3.63, 3.8) is 0 Å². The topological polar surface area (TPSA) is 121 Å². The molecule has 0 saturated carbocycles. The molecule has 1 aliphatic heterocycles. The molecular weight excluding hydrogens is 278 g/mol. The van der Waals surface area contributed by atoms with Crippen molar-refractivity contribution in [2.24, 2.45) is 0 Å². The highest BCUT2D eigenvalue weighted by Gasteiger charge is 2.45. The van der Waals surface area contributed by atoms with Crippen LogP contribution < -0.4 is 0 Å². The van der Waals surface area contributed by atoms with Crippen LogP contribution in [0.5, 0.6) is 0 Å². The molecule has 8 nitrogen and oxygen atoms in total. The Kier molecular flexibility index (Phi) is 4.64. The summed E-state index contributed by atoms with van der Waals surface area (Å²) in [7, 11) is 0. The summed E-state index contributed by atoms with van der Waals surface area (Å²) in [6, 6.07) is -0.975. The van der Waals surface area contributed by atoms with Crippen molar-refractivity contribution in [3.05, 3.63) is 11.9 Å². The summed E-state index contributed by atoms with van der Waals surface area (Å²) in [6.07, 6.45) is -2.55. The summed E-state index contributed by atoms with van der Waals surface area (Å²) in [5, 5.41) is 47.1. The van der Waals surface area contributed by atoms with Crippen molar-refractivity contribution in [3.8, 4) is 0 Å². The van der Waals surface area contributed by atoms with Gasteiger partial charge >= 0.3 is 0 Å². The van der Waals surface area contributed by atoms with E-state index in [2.05, 4.69) is 10.3 Å². The minimum atomic E-state index is -1.39. The molecule has 0 radical (unpaired) electrons. The number of hydrogen-bond acceptors (Lipinski definition) is 7. The van der Waals surface area contributed by atoms with Crippen LogP contribution in [0.3, 0.4) is 0 Å². The Bertz CT molecular complexity index is 478. The molecule has 1 aliphatic rings. The molecule has 2 heterocycles. The van der Waals surface area contributed by atoms with Crippen LogP contribution in [0.2, 0.25) is 0 Å². The van der Waals surface area contributed by atoms with Gasteiger partial charge in [-0.25, -0.2) is 4.68 Å². The molecule has 4 N–H and O–H groups in total. The van der Waals surface area contributed by atoms with Crippen LogP contribution in [0.15, 0.2) is 6.20 Å². The van der Waals surface area contributed by atoms with Crippen molar-refractivity contribution in [2.45, 2.75) is 63.3 Å². The highest BCUT2D eigenvalue weighted by atomic mass is 16.6. The van der Waals surface area contributed by atoms with Gasteiger partial charge in [-0.05, 0) is 6.42 Å². The van der Waals surface area contributed by atoms with E-state index in [0.717, 1.165) is 12.1 Å². The number of aliphatic hydroxyl groups excluding tert-OH is 4. The minimum absolute atomic E-state index is 0.185. The van der Waals surface area contributed by atoms with Gasteiger partial charge in [-0.3, -0.25) is 0 Å². The van der Waals surface area contributed by atoms with Crippen LogP contribution in [0.25, 0.3) is 0 Å².